The van der Waals surface area contributed by atoms with Gasteiger partial charge in [0.1, 0.15) is 0 Å². The van der Waals surface area contributed by atoms with Crippen LogP contribution in [0.15, 0.2) is 54.6 Å². The highest BCUT2D eigenvalue weighted by Gasteiger charge is 2.06. The fourth-order valence-electron chi connectivity index (χ4n) is 2.37. The van der Waals surface area contributed by atoms with Crippen molar-refractivity contribution < 1.29 is 9.53 Å². The molecule has 2 aromatic rings. The van der Waals surface area contributed by atoms with Crippen LogP contribution >= 0.6 is 12.4 Å². The molecule has 0 atom stereocenters. The first kappa shape index (κ1) is 19.2. The average molecular weight is 334 g/mol. The summed E-state index contributed by atoms with van der Waals surface area (Å²) < 4.78 is 4.76. The second-order valence-corrected chi connectivity index (χ2v) is 5.48. The molecule has 0 aliphatic rings. The van der Waals surface area contributed by atoms with Gasteiger partial charge in [-0.05, 0) is 43.1 Å². The molecule has 0 heterocycles. The van der Waals surface area contributed by atoms with Crippen LogP contribution in [0.5, 0.6) is 0 Å². The van der Waals surface area contributed by atoms with Gasteiger partial charge in [-0.15, -0.1) is 12.4 Å². The zero-order valence-corrected chi connectivity index (χ0v) is 14.5. The van der Waals surface area contributed by atoms with E-state index in [1.807, 2.05) is 18.2 Å². The number of nitrogens with zero attached hydrogens (tertiary/aromatic N) is 1. The molecule has 4 heteroatoms. The van der Waals surface area contributed by atoms with E-state index in [4.69, 9.17) is 4.74 Å². The van der Waals surface area contributed by atoms with Gasteiger partial charge in [0.05, 0.1) is 12.7 Å². The van der Waals surface area contributed by atoms with E-state index in [-0.39, 0.29) is 18.4 Å². The van der Waals surface area contributed by atoms with Crippen molar-refractivity contribution in [1.82, 2.24) is 4.90 Å². The summed E-state index contributed by atoms with van der Waals surface area (Å²) >= 11 is 0. The molecule has 0 aliphatic heterocycles. The Bertz CT molecular complexity index is 601. The summed E-state index contributed by atoms with van der Waals surface area (Å²) in [5.41, 5.74) is 3.14. The van der Waals surface area contributed by atoms with E-state index in [9.17, 15) is 4.79 Å². The third-order valence-electron chi connectivity index (χ3n) is 3.76. The highest BCUT2D eigenvalue weighted by Crippen LogP contribution is 2.08. The average Bonchev–Trinajstić information content (AvgIpc) is 2.58. The number of esters is 1. The number of benzene rings is 2. The monoisotopic (exact) mass is 333 g/mol. The first-order valence-corrected chi connectivity index (χ1v) is 7.59. The van der Waals surface area contributed by atoms with E-state index in [2.05, 4.69) is 42.3 Å². The topological polar surface area (TPSA) is 29.5 Å². The van der Waals surface area contributed by atoms with Crippen LogP contribution in [-0.2, 0) is 17.6 Å². The minimum atomic E-state index is -0.278. The van der Waals surface area contributed by atoms with Gasteiger partial charge in [0.2, 0.25) is 0 Å². The van der Waals surface area contributed by atoms with Crippen LogP contribution in [-0.4, -0.2) is 38.1 Å². The molecule has 0 aromatic heterocycles. The predicted octanol–water partition coefficient (Wildman–Crippen LogP) is 3.61. The van der Waals surface area contributed by atoms with Crippen LogP contribution in [0, 0.1) is 0 Å². The van der Waals surface area contributed by atoms with Crippen molar-refractivity contribution in [1.29, 1.82) is 0 Å². The molecule has 2 rings (SSSR count). The van der Waals surface area contributed by atoms with E-state index in [0.717, 1.165) is 31.5 Å². The van der Waals surface area contributed by atoms with Crippen molar-refractivity contribution in [3.8, 4) is 0 Å². The van der Waals surface area contributed by atoms with Gasteiger partial charge in [0.25, 0.3) is 0 Å². The van der Waals surface area contributed by atoms with Crippen molar-refractivity contribution in [3.05, 3.63) is 71.3 Å². The minimum absolute atomic E-state index is 0. The molecule has 0 spiro atoms. The number of carbonyl (C=O) groups excluding carboxylic acids is 1. The van der Waals surface area contributed by atoms with E-state index in [1.54, 1.807) is 6.07 Å². The number of methoxy groups -OCH3 is 1. The quantitative estimate of drug-likeness (QED) is 0.725. The molecule has 0 saturated heterocycles. The van der Waals surface area contributed by atoms with Crippen LogP contribution in [0.25, 0.3) is 0 Å². The highest BCUT2D eigenvalue weighted by molar-refractivity contribution is 5.89. The Kier molecular flexibility index (Phi) is 8.38. The number of hydrogen-bond donors (Lipinski definition) is 0. The molecule has 3 nitrogen and oxygen atoms in total. The Morgan fingerprint density at radius 3 is 2.22 bits per heavy atom. The van der Waals surface area contributed by atoms with Gasteiger partial charge in [0.15, 0.2) is 0 Å². The molecule has 0 amide bonds. The fraction of sp³-hybridized carbons (Fsp3) is 0.316. The highest BCUT2D eigenvalue weighted by atomic mass is 35.5. The maximum atomic E-state index is 11.5. The van der Waals surface area contributed by atoms with E-state index >= 15 is 0 Å². The predicted molar refractivity (Wildman–Crippen MR) is 96.4 cm³/mol. The Morgan fingerprint density at radius 2 is 1.57 bits per heavy atom. The number of hydrogen-bond acceptors (Lipinski definition) is 3. The molecule has 0 bridgehead atoms. The van der Waals surface area contributed by atoms with Crippen LogP contribution in [0.3, 0.4) is 0 Å². The molecule has 0 unspecified atom stereocenters. The minimum Gasteiger partial charge on any atom is -0.465 e. The Morgan fingerprint density at radius 1 is 0.957 bits per heavy atom. The van der Waals surface area contributed by atoms with Crippen LogP contribution in [0.1, 0.15) is 21.5 Å². The third-order valence-corrected chi connectivity index (χ3v) is 3.76. The molecule has 0 radical (unpaired) electrons. The summed E-state index contributed by atoms with van der Waals surface area (Å²) in [5, 5.41) is 0. The number of ether oxygens (including phenoxy) is 1. The standard InChI is InChI=1S/C19H23NO2.ClH/c1-20(13-11-16-7-4-3-5-8-16)14-12-17-9-6-10-18(15-17)19(21)22-2;/h3-10,15H,11-14H2,1-2H3;1H. The zero-order valence-electron chi connectivity index (χ0n) is 13.7. The van der Waals surface area contributed by atoms with Crippen molar-refractivity contribution in [2.45, 2.75) is 12.8 Å². The second-order valence-electron chi connectivity index (χ2n) is 5.48. The summed E-state index contributed by atoms with van der Waals surface area (Å²) in [4.78, 5) is 13.8. The van der Waals surface area contributed by atoms with Gasteiger partial charge in [-0.2, -0.15) is 0 Å². The van der Waals surface area contributed by atoms with E-state index in [0.29, 0.717) is 5.56 Å². The molecule has 124 valence electrons. The number of carbonyl (C=O) groups is 1. The van der Waals surface area contributed by atoms with Crippen molar-refractivity contribution in [3.63, 3.8) is 0 Å². The molecule has 0 saturated carbocycles. The lowest BCUT2D eigenvalue weighted by Gasteiger charge is -2.16. The van der Waals surface area contributed by atoms with Crippen molar-refractivity contribution in [2.24, 2.45) is 0 Å². The molecule has 2 aromatic carbocycles. The van der Waals surface area contributed by atoms with Gasteiger partial charge < -0.3 is 9.64 Å². The van der Waals surface area contributed by atoms with Gasteiger partial charge in [0, 0.05) is 13.1 Å². The second kappa shape index (κ2) is 10.0. The van der Waals surface area contributed by atoms with Crippen molar-refractivity contribution >= 4 is 18.4 Å². The summed E-state index contributed by atoms with van der Waals surface area (Å²) in [6.07, 6.45) is 1.98. The third kappa shape index (κ3) is 6.43. The summed E-state index contributed by atoms with van der Waals surface area (Å²) in [5.74, 6) is -0.278. The molecular weight excluding hydrogens is 310 g/mol. The first-order valence-electron chi connectivity index (χ1n) is 7.59. The molecule has 23 heavy (non-hydrogen) atoms. The largest absolute Gasteiger partial charge is 0.465 e. The number of rotatable bonds is 7. The molecule has 0 aliphatic carbocycles. The fourth-order valence-corrected chi connectivity index (χ4v) is 2.37. The van der Waals surface area contributed by atoms with Crippen molar-refractivity contribution in [2.75, 3.05) is 27.2 Å². The lowest BCUT2D eigenvalue weighted by Crippen LogP contribution is -2.23. The smallest absolute Gasteiger partial charge is 0.337 e. The van der Waals surface area contributed by atoms with E-state index in [1.165, 1.54) is 12.7 Å². The maximum absolute atomic E-state index is 11.5. The van der Waals surface area contributed by atoms with E-state index < -0.39 is 0 Å². The lowest BCUT2D eigenvalue weighted by atomic mass is 10.1. The molecule has 0 N–H and O–H groups in total. The Labute approximate surface area is 144 Å². The van der Waals surface area contributed by atoms with Gasteiger partial charge in [-0.1, -0.05) is 42.5 Å². The lowest BCUT2D eigenvalue weighted by molar-refractivity contribution is 0.0600. The van der Waals surface area contributed by atoms with Crippen LogP contribution in [0.4, 0.5) is 0 Å². The number of likely N-dealkylation sites (N-methyl/N-ethyl adjacent to an activating group) is 1. The van der Waals surface area contributed by atoms with Gasteiger partial charge in [-0.3, -0.25) is 0 Å². The van der Waals surface area contributed by atoms with Crippen LogP contribution < -0.4 is 0 Å². The first-order chi connectivity index (χ1) is 10.7. The number of halogens is 1. The van der Waals surface area contributed by atoms with Gasteiger partial charge in [-0.25, -0.2) is 4.79 Å². The van der Waals surface area contributed by atoms with Crippen LogP contribution in [0.2, 0.25) is 0 Å². The summed E-state index contributed by atoms with van der Waals surface area (Å²) in [6.45, 7) is 2.00. The summed E-state index contributed by atoms with van der Waals surface area (Å²) in [6, 6.07) is 18.2. The Hall–Kier alpha value is -1.84. The SMILES string of the molecule is COC(=O)c1cccc(CCN(C)CCc2ccccc2)c1.Cl. The maximum Gasteiger partial charge on any atom is 0.337 e. The zero-order chi connectivity index (χ0) is 15.8. The van der Waals surface area contributed by atoms with Gasteiger partial charge >= 0.3 is 5.97 Å². The Balaban J connectivity index is 0.00000264. The normalized spacial score (nSPS) is 10.2. The molecule has 0 fully saturated rings. The molecular formula is C19H24ClNO2. The summed E-state index contributed by atoms with van der Waals surface area (Å²) in [7, 11) is 3.54.